The van der Waals surface area contributed by atoms with Crippen molar-refractivity contribution in [2.45, 2.75) is 25.4 Å². The maximum Gasteiger partial charge on any atom is 0.0421 e. The predicted molar refractivity (Wildman–Crippen MR) is 94.9 cm³/mol. The van der Waals surface area contributed by atoms with E-state index in [0.29, 0.717) is 6.04 Å². The number of aryl methyl sites for hydroxylation is 1. The predicted octanol–water partition coefficient (Wildman–Crippen LogP) is 3.75. The van der Waals surface area contributed by atoms with Crippen molar-refractivity contribution in [3.8, 4) is 0 Å². The number of benzene rings is 2. The molecule has 2 aromatic rings. The highest BCUT2D eigenvalue weighted by molar-refractivity contribution is 5.85. The molecular formula is C19H23ClN2. The maximum atomic E-state index is 2.64. The molecule has 2 nitrogen and oxygen atoms in total. The molecule has 0 amide bonds. The quantitative estimate of drug-likeness (QED) is 0.833. The molecule has 0 radical (unpaired) electrons. The average Bonchev–Trinajstić information content (AvgIpc) is 2.55. The SMILES string of the molecule is Cl.c1ccc(CN2CCN3c4ccccc4CCC3C2)cc1. The molecule has 22 heavy (non-hydrogen) atoms. The monoisotopic (exact) mass is 314 g/mol. The lowest BCUT2D eigenvalue weighted by molar-refractivity contribution is 0.207. The van der Waals surface area contributed by atoms with Crippen LogP contribution in [0.5, 0.6) is 0 Å². The van der Waals surface area contributed by atoms with Crippen LogP contribution in [0.15, 0.2) is 54.6 Å². The summed E-state index contributed by atoms with van der Waals surface area (Å²) < 4.78 is 0. The Hall–Kier alpha value is -1.51. The molecule has 3 heteroatoms. The molecule has 0 aliphatic carbocycles. The van der Waals surface area contributed by atoms with Crippen molar-refractivity contribution in [3.63, 3.8) is 0 Å². The number of piperazine rings is 1. The number of para-hydroxylation sites is 1. The van der Waals surface area contributed by atoms with Crippen molar-refractivity contribution in [1.29, 1.82) is 0 Å². The van der Waals surface area contributed by atoms with E-state index in [4.69, 9.17) is 0 Å². The fourth-order valence-electron chi connectivity index (χ4n) is 3.79. The van der Waals surface area contributed by atoms with E-state index >= 15 is 0 Å². The number of hydrogen-bond donors (Lipinski definition) is 0. The fraction of sp³-hybridized carbons (Fsp3) is 0.368. The molecule has 1 saturated heterocycles. The Bertz CT molecular complexity index is 614. The smallest absolute Gasteiger partial charge is 0.0421 e. The number of halogens is 1. The second kappa shape index (κ2) is 6.72. The largest absolute Gasteiger partial charge is 0.366 e. The molecule has 1 fully saturated rings. The van der Waals surface area contributed by atoms with Crippen molar-refractivity contribution >= 4 is 18.1 Å². The van der Waals surface area contributed by atoms with E-state index in [-0.39, 0.29) is 12.4 Å². The van der Waals surface area contributed by atoms with Gasteiger partial charge in [0.05, 0.1) is 0 Å². The summed E-state index contributed by atoms with van der Waals surface area (Å²) in [7, 11) is 0. The molecule has 0 spiro atoms. The number of nitrogens with zero attached hydrogens (tertiary/aromatic N) is 2. The van der Waals surface area contributed by atoms with Crippen LogP contribution in [-0.2, 0) is 13.0 Å². The Labute approximate surface area is 139 Å². The van der Waals surface area contributed by atoms with E-state index in [1.165, 1.54) is 42.7 Å². The molecule has 2 aliphatic rings. The molecule has 2 heterocycles. The van der Waals surface area contributed by atoms with E-state index in [9.17, 15) is 0 Å². The van der Waals surface area contributed by atoms with E-state index in [0.717, 1.165) is 13.1 Å². The standard InChI is InChI=1S/C19H22N2.ClH/c1-2-6-16(7-3-1)14-20-12-13-21-18(15-20)11-10-17-8-4-5-9-19(17)21;/h1-9,18H,10-15H2;1H. The number of rotatable bonds is 2. The van der Waals surface area contributed by atoms with E-state index in [1.54, 1.807) is 0 Å². The minimum Gasteiger partial charge on any atom is -0.366 e. The topological polar surface area (TPSA) is 6.48 Å². The summed E-state index contributed by atoms with van der Waals surface area (Å²) in [5, 5.41) is 0. The zero-order valence-electron chi connectivity index (χ0n) is 12.8. The molecule has 0 bridgehead atoms. The summed E-state index contributed by atoms with van der Waals surface area (Å²) in [5.41, 5.74) is 4.44. The van der Waals surface area contributed by atoms with E-state index in [2.05, 4.69) is 64.4 Å². The second-order valence-electron chi connectivity index (χ2n) is 6.24. The van der Waals surface area contributed by atoms with Crippen molar-refractivity contribution in [2.75, 3.05) is 24.5 Å². The van der Waals surface area contributed by atoms with Crippen LogP contribution >= 0.6 is 12.4 Å². The van der Waals surface area contributed by atoms with Crippen LogP contribution in [0.4, 0.5) is 5.69 Å². The van der Waals surface area contributed by atoms with Crippen molar-refractivity contribution in [3.05, 3.63) is 65.7 Å². The fourth-order valence-corrected chi connectivity index (χ4v) is 3.79. The van der Waals surface area contributed by atoms with Crippen LogP contribution in [0.2, 0.25) is 0 Å². The Kier molecular flexibility index (Phi) is 4.70. The summed E-state index contributed by atoms with van der Waals surface area (Å²) in [6.45, 7) is 4.62. The van der Waals surface area contributed by atoms with Gasteiger partial charge in [0.25, 0.3) is 0 Å². The molecule has 4 rings (SSSR count). The summed E-state index contributed by atoms with van der Waals surface area (Å²) >= 11 is 0. The zero-order valence-corrected chi connectivity index (χ0v) is 13.6. The molecule has 0 N–H and O–H groups in total. The first-order valence-electron chi connectivity index (χ1n) is 8.01. The highest BCUT2D eigenvalue weighted by atomic mass is 35.5. The molecule has 116 valence electrons. The number of anilines is 1. The minimum absolute atomic E-state index is 0. The molecular weight excluding hydrogens is 292 g/mol. The molecule has 0 aromatic heterocycles. The van der Waals surface area contributed by atoms with Gasteiger partial charge in [0.1, 0.15) is 0 Å². The zero-order chi connectivity index (χ0) is 14.1. The van der Waals surface area contributed by atoms with E-state index in [1.807, 2.05) is 0 Å². The Balaban J connectivity index is 0.00000144. The summed E-state index contributed by atoms with van der Waals surface area (Å²) in [5.74, 6) is 0. The number of hydrogen-bond acceptors (Lipinski definition) is 2. The third-order valence-corrected chi connectivity index (χ3v) is 4.86. The summed E-state index contributed by atoms with van der Waals surface area (Å²) in [6.07, 6.45) is 2.53. The Morgan fingerprint density at radius 3 is 2.55 bits per heavy atom. The molecule has 1 atom stereocenters. The molecule has 0 saturated carbocycles. The lowest BCUT2D eigenvalue weighted by Crippen LogP contribution is -2.54. The van der Waals surface area contributed by atoms with Crippen LogP contribution in [0.1, 0.15) is 17.5 Å². The van der Waals surface area contributed by atoms with Gasteiger partial charge in [-0.15, -0.1) is 12.4 Å². The molecule has 2 aliphatic heterocycles. The third kappa shape index (κ3) is 2.99. The van der Waals surface area contributed by atoms with Crippen LogP contribution < -0.4 is 4.90 Å². The van der Waals surface area contributed by atoms with Gasteiger partial charge in [0.2, 0.25) is 0 Å². The summed E-state index contributed by atoms with van der Waals surface area (Å²) in [6, 6.07) is 20.5. The van der Waals surface area contributed by atoms with Crippen molar-refractivity contribution in [1.82, 2.24) is 4.90 Å². The third-order valence-electron chi connectivity index (χ3n) is 4.86. The molecule has 2 aromatic carbocycles. The normalized spacial score (nSPS) is 20.7. The van der Waals surface area contributed by atoms with Crippen LogP contribution in [0.25, 0.3) is 0 Å². The van der Waals surface area contributed by atoms with Crippen LogP contribution in [0, 0.1) is 0 Å². The average molecular weight is 315 g/mol. The highest BCUT2D eigenvalue weighted by Crippen LogP contribution is 2.32. The van der Waals surface area contributed by atoms with Gasteiger partial charge in [0, 0.05) is 37.9 Å². The van der Waals surface area contributed by atoms with Crippen LogP contribution in [-0.4, -0.2) is 30.6 Å². The first kappa shape index (κ1) is 15.4. The van der Waals surface area contributed by atoms with Crippen molar-refractivity contribution < 1.29 is 0 Å². The lowest BCUT2D eigenvalue weighted by Gasteiger charge is -2.46. The van der Waals surface area contributed by atoms with Gasteiger partial charge in [-0.05, 0) is 30.0 Å². The maximum absolute atomic E-state index is 2.64. The Morgan fingerprint density at radius 2 is 1.68 bits per heavy atom. The van der Waals surface area contributed by atoms with Gasteiger partial charge in [-0.25, -0.2) is 0 Å². The van der Waals surface area contributed by atoms with Gasteiger partial charge in [-0.1, -0.05) is 48.5 Å². The Morgan fingerprint density at radius 1 is 0.909 bits per heavy atom. The van der Waals surface area contributed by atoms with Gasteiger partial charge in [0.15, 0.2) is 0 Å². The first-order chi connectivity index (χ1) is 10.4. The minimum atomic E-state index is 0. The lowest BCUT2D eigenvalue weighted by atomic mass is 9.94. The van der Waals surface area contributed by atoms with Crippen molar-refractivity contribution in [2.24, 2.45) is 0 Å². The van der Waals surface area contributed by atoms with Crippen LogP contribution in [0.3, 0.4) is 0 Å². The first-order valence-corrected chi connectivity index (χ1v) is 8.01. The highest BCUT2D eigenvalue weighted by Gasteiger charge is 2.31. The van der Waals surface area contributed by atoms with Gasteiger partial charge in [-0.3, -0.25) is 4.90 Å². The summed E-state index contributed by atoms with van der Waals surface area (Å²) in [4.78, 5) is 5.25. The van der Waals surface area contributed by atoms with Gasteiger partial charge in [-0.2, -0.15) is 0 Å². The van der Waals surface area contributed by atoms with Gasteiger partial charge < -0.3 is 4.90 Å². The van der Waals surface area contributed by atoms with E-state index < -0.39 is 0 Å². The second-order valence-corrected chi connectivity index (χ2v) is 6.24. The number of fused-ring (bicyclic) bond motifs is 3. The molecule has 1 unspecified atom stereocenters. The van der Waals surface area contributed by atoms with Gasteiger partial charge >= 0.3 is 0 Å².